The minimum atomic E-state index is -0.147. The van der Waals surface area contributed by atoms with E-state index in [1.54, 1.807) is 0 Å². The van der Waals surface area contributed by atoms with E-state index in [0.717, 1.165) is 17.1 Å². The Balaban J connectivity index is 1.17. The molecule has 8 aromatic carbocycles. The Morgan fingerprint density at radius 3 is 1.48 bits per heavy atom. The van der Waals surface area contributed by atoms with Crippen molar-refractivity contribution in [3.8, 4) is 33.4 Å². The van der Waals surface area contributed by atoms with Crippen LogP contribution < -0.4 is 4.90 Å². The lowest BCUT2D eigenvalue weighted by atomic mass is 9.81. The number of benzene rings is 8. The van der Waals surface area contributed by atoms with Crippen molar-refractivity contribution in [3.05, 3.63) is 187 Å². The van der Waals surface area contributed by atoms with E-state index in [4.69, 9.17) is 0 Å². The number of fused-ring (bicyclic) bond motifs is 6. The van der Waals surface area contributed by atoms with Crippen LogP contribution in [0.1, 0.15) is 25.0 Å². The lowest BCUT2D eigenvalue weighted by Crippen LogP contribution is -2.16. The molecule has 8 aromatic rings. The maximum Gasteiger partial charge on any atom is 0.0465 e. The van der Waals surface area contributed by atoms with E-state index < -0.39 is 0 Å². The van der Waals surface area contributed by atoms with Crippen LogP contribution in [-0.4, -0.2) is 0 Å². The second kappa shape index (κ2) is 11.1. The molecule has 48 heavy (non-hydrogen) atoms. The fraction of sp³-hybridized carbons (Fsp3) is 0.0638. The summed E-state index contributed by atoms with van der Waals surface area (Å²) in [4.78, 5) is 2.40. The van der Waals surface area contributed by atoms with E-state index in [2.05, 4.69) is 195 Å². The molecule has 1 aliphatic rings. The number of rotatable bonds is 5. The van der Waals surface area contributed by atoms with Crippen LogP contribution >= 0.6 is 0 Å². The minimum Gasteiger partial charge on any atom is -0.310 e. The Labute approximate surface area is 282 Å². The quantitative estimate of drug-likeness (QED) is 0.175. The van der Waals surface area contributed by atoms with Gasteiger partial charge in [-0.1, -0.05) is 141 Å². The van der Waals surface area contributed by atoms with Gasteiger partial charge in [0.15, 0.2) is 0 Å². The summed E-state index contributed by atoms with van der Waals surface area (Å²) < 4.78 is 0. The summed E-state index contributed by atoms with van der Waals surface area (Å²) >= 11 is 0. The average Bonchev–Trinajstić information content (AvgIpc) is 3.37. The van der Waals surface area contributed by atoms with Gasteiger partial charge in [-0.2, -0.15) is 0 Å². The lowest BCUT2D eigenvalue weighted by Gasteiger charge is -2.28. The molecule has 1 heteroatoms. The van der Waals surface area contributed by atoms with Crippen molar-refractivity contribution in [2.24, 2.45) is 0 Å². The monoisotopic (exact) mass is 613 g/mol. The van der Waals surface area contributed by atoms with E-state index in [-0.39, 0.29) is 5.41 Å². The average molecular weight is 614 g/mol. The zero-order valence-corrected chi connectivity index (χ0v) is 27.2. The molecule has 0 fully saturated rings. The second-order valence-electron chi connectivity index (χ2n) is 13.4. The Bertz CT molecular complexity index is 2360. The molecule has 0 heterocycles. The van der Waals surface area contributed by atoms with E-state index in [1.165, 1.54) is 66.1 Å². The third-order valence-electron chi connectivity index (χ3n) is 10.2. The molecule has 0 saturated heterocycles. The maximum atomic E-state index is 2.45. The van der Waals surface area contributed by atoms with Crippen molar-refractivity contribution in [2.75, 3.05) is 4.90 Å². The standard InChI is InChI=1S/C47H35N/c1-47(2)45-30-40(27-28-42(45)44-29-37-18-17-36-15-9-10-16-41(36)43(37)31-46(44)47)48(38-23-19-34(20-24-38)32-11-5-3-6-12-32)39-25-21-35(22-26-39)33-13-7-4-8-14-33/h3-31H,1-2H3. The summed E-state index contributed by atoms with van der Waals surface area (Å²) in [7, 11) is 0. The van der Waals surface area contributed by atoms with Gasteiger partial charge in [0, 0.05) is 22.5 Å². The topological polar surface area (TPSA) is 3.24 Å². The van der Waals surface area contributed by atoms with Crippen molar-refractivity contribution in [1.82, 2.24) is 0 Å². The Morgan fingerprint density at radius 2 is 0.854 bits per heavy atom. The zero-order valence-electron chi connectivity index (χ0n) is 27.2. The van der Waals surface area contributed by atoms with Crippen LogP contribution in [0.3, 0.4) is 0 Å². The van der Waals surface area contributed by atoms with Crippen LogP contribution in [0.15, 0.2) is 176 Å². The Hall–Kier alpha value is -5.92. The largest absolute Gasteiger partial charge is 0.310 e. The third kappa shape index (κ3) is 4.62. The zero-order chi connectivity index (χ0) is 32.2. The van der Waals surface area contributed by atoms with Crippen LogP contribution in [0, 0.1) is 0 Å². The summed E-state index contributed by atoms with van der Waals surface area (Å²) in [5.74, 6) is 0. The van der Waals surface area contributed by atoms with Crippen LogP contribution in [0.25, 0.3) is 54.9 Å². The molecule has 228 valence electrons. The Morgan fingerprint density at radius 1 is 0.354 bits per heavy atom. The van der Waals surface area contributed by atoms with Crippen LogP contribution in [-0.2, 0) is 5.41 Å². The van der Waals surface area contributed by atoms with Crippen molar-refractivity contribution in [2.45, 2.75) is 19.3 Å². The second-order valence-corrected chi connectivity index (χ2v) is 13.4. The van der Waals surface area contributed by atoms with Crippen molar-refractivity contribution in [1.29, 1.82) is 0 Å². The summed E-state index contributed by atoms with van der Waals surface area (Å²) in [6.45, 7) is 4.76. The first-order chi connectivity index (χ1) is 23.5. The van der Waals surface area contributed by atoms with E-state index in [0.29, 0.717) is 0 Å². The van der Waals surface area contributed by atoms with Crippen molar-refractivity contribution >= 4 is 38.6 Å². The smallest absolute Gasteiger partial charge is 0.0465 e. The lowest BCUT2D eigenvalue weighted by molar-refractivity contribution is 0.661. The van der Waals surface area contributed by atoms with Crippen LogP contribution in [0.2, 0.25) is 0 Å². The molecule has 1 nitrogen and oxygen atoms in total. The van der Waals surface area contributed by atoms with E-state index in [1.807, 2.05) is 0 Å². The molecule has 9 rings (SSSR count). The molecule has 0 radical (unpaired) electrons. The van der Waals surface area contributed by atoms with Crippen LogP contribution in [0.4, 0.5) is 17.1 Å². The molecule has 0 atom stereocenters. The summed E-state index contributed by atoms with van der Waals surface area (Å²) in [6, 6.07) is 64.3. The molecule has 0 saturated carbocycles. The van der Waals surface area contributed by atoms with Crippen molar-refractivity contribution < 1.29 is 0 Å². The summed E-state index contributed by atoms with van der Waals surface area (Å²) in [5.41, 5.74) is 13.6. The van der Waals surface area contributed by atoms with Crippen LogP contribution in [0.5, 0.6) is 0 Å². The fourth-order valence-electron chi connectivity index (χ4n) is 7.68. The highest BCUT2D eigenvalue weighted by Crippen LogP contribution is 2.52. The first kappa shape index (κ1) is 28.3. The predicted octanol–water partition coefficient (Wildman–Crippen LogP) is 13.1. The molecule has 0 N–H and O–H groups in total. The van der Waals surface area contributed by atoms with Gasteiger partial charge in [0.25, 0.3) is 0 Å². The molecular formula is C47H35N. The molecule has 1 aliphatic carbocycles. The highest BCUT2D eigenvalue weighted by atomic mass is 15.1. The molecular weight excluding hydrogens is 579 g/mol. The Kier molecular flexibility index (Phi) is 6.55. The molecule has 0 aliphatic heterocycles. The number of hydrogen-bond donors (Lipinski definition) is 0. The highest BCUT2D eigenvalue weighted by Gasteiger charge is 2.36. The third-order valence-corrected chi connectivity index (χ3v) is 10.2. The molecule has 0 unspecified atom stereocenters. The highest BCUT2D eigenvalue weighted by molar-refractivity contribution is 6.09. The maximum absolute atomic E-state index is 2.45. The number of anilines is 3. The normalized spacial score (nSPS) is 13.0. The van der Waals surface area contributed by atoms with Gasteiger partial charge in [0.1, 0.15) is 0 Å². The molecule has 0 amide bonds. The van der Waals surface area contributed by atoms with E-state index in [9.17, 15) is 0 Å². The summed E-state index contributed by atoms with van der Waals surface area (Å²) in [5, 5.41) is 5.22. The van der Waals surface area contributed by atoms with Crippen molar-refractivity contribution in [3.63, 3.8) is 0 Å². The minimum absolute atomic E-state index is 0.147. The number of hydrogen-bond acceptors (Lipinski definition) is 1. The van der Waals surface area contributed by atoms with Gasteiger partial charge in [-0.3, -0.25) is 0 Å². The summed E-state index contributed by atoms with van der Waals surface area (Å²) in [6.07, 6.45) is 0. The fourth-order valence-corrected chi connectivity index (χ4v) is 7.68. The predicted molar refractivity (Wildman–Crippen MR) is 205 cm³/mol. The van der Waals surface area contributed by atoms with Gasteiger partial charge in [0.05, 0.1) is 0 Å². The SMILES string of the molecule is CC1(C)c2cc(N(c3ccc(-c4ccccc4)cc3)c3ccc(-c4ccccc4)cc3)ccc2-c2cc3ccc4ccccc4c3cc21. The van der Waals surface area contributed by atoms with Gasteiger partial charge in [0.2, 0.25) is 0 Å². The van der Waals surface area contributed by atoms with E-state index >= 15 is 0 Å². The van der Waals surface area contributed by atoms with Gasteiger partial charge >= 0.3 is 0 Å². The number of nitrogens with zero attached hydrogens (tertiary/aromatic N) is 1. The van der Waals surface area contributed by atoms with Gasteiger partial charge in [-0.25, -0.2) is 0 Å². The molecule has 0 aromatic heterocycles. The first-order valence-electron chi connectivity index (χ1n) is 16.8. The first-order valence-corrected chi connectivity index (χ1v) is 16.8. The molecule has 0 bridgehead atoms. The van der Waals surface area contributed by atoms with Gasteiger partial charge in [-0.15, -0.1) is 0 Å². The van der Waals surface area contributed by atoms with Gasteiger partial charge < -0.3 is 4.90 Å². The van der Waals surface area contributed by atoms with Gasteiger partial charge in [-0.05, 0) is 115 Å². The molecule has 0 spiro atoms.